The molecule has 5 aromatic rings. The SMILES string of the molecule is [C-]#[N+]c1ccc2c(c1)oc1c(-c3cc(CC4CCCC4)c4cc([Si](C)(C)C)ccc4[n+]3C)c(C)c(C)cc12. The Morgan fingerprint density at radius 2 is 1.71 bits per heavy atom. The molecule has 0 unspecified atom stereocenters. The smallest absolute Gasteiger partial charge is 0.217 e. The van der Waals surface area contributed by atoms with Gasteiger partial charge in [-0.25, -0.2) is 4.85 Å². The monoisotopic (exact) mass is 517 g/mol. The van der Waals surface area contributed by atoms with Crippen LogP contribution in [0.1, 0.15) is 42.4 Å². The van der Waals surface area contributed by atoms with E-state index in [1.807, 2.05) is 18.2 Å². The minimum Gasteiger partial charge on any atom is -0.456 e. The lowest BCUT2D eigenvalue weighted by Gasteiger charge is -2.19. The van der Waals surface area contributed by atoms with Crippen LogP contribution in [0.15, 0.2) is 52.9 Å². The molecule has 1 fully saturated rings. The standard InChI is InChI=1S/C34H37N2OSi/c1-21-16-29-27-14-12-25(35-3)19-32(27)37-34(29)33(22(21)2)31-18-24(17-23-10-8-9-11-23)28-20-26(38(5,6)7)13-15-30(28)36(31)4/h12-16,18-20,23H,8-11,17H2,1-2,4-7H3/q+1. The molecule has 0 N–H and O–H groups in total. The van der Waals surface area contributed by atoms with Crippen molar-refractivity contribution in [2.24, 2.45) is 13.0 Å². The summed E-state index contributed by atoms with van der Waals surface area (Å²) in [5.74, 6) is 0.770. The number of fused-ring (bicyclic) bond motifs is 4. The highest BCUT2D eigenvalue weighted by molar-refractivity contribution is 6.88. The highest BCUT2D eigenvalue weighted by atomic mass is 28.3. The molecule has 0 amide bonds. The van der Waals surface area contributed by atoms with Gasteiger partial charge in [0, 0.05) is 28.3 Å². The number of rotatable bonds is 4. The second-order valence-electron chi connectivity index (χ2n) is 12.4. The number of furan rings is 1. The topological polar surface area (TPSA) is 21.4 Å². The van der Waals surface area contributed by atoms with E-state index in [0.717, 1.165) is 34.3 Å². The summed E-state index contributed by atoms with van der Waals surface area (Å²) < 4.78 is 8.94. The molecule has 0 bridgehead atoms. The summed E-state index contributed by atoms with van der Waals surface area (Å²) in [6, 6.07) is 17.7. The largest absolute Gasteiger partial charge is 0.456 e. The second-order valence-corrected chi connectivity index (χ2v) is 17.5. The van der Waals surface area contributed by atoms with Gasteiger partial charge in [0.25, 0.3) is 0 Å². The molecule has 0 saturated heterocycles. The molecule has 2 heterocycles. The number of hydrogen-bond donors (Lipinski definition) is 0. The maximum absolute atomic E-state index is 7.45. The Kier molecular flexibility index (Phi) is 5.96. The summed E-state index contributed by atoms with van der Waals surface area (Å²) in [7, 11) is 0.769. The molecule has 0 aliphatic heterocycles. The number of aryl methyl sites for hydroxylation is 2. The van der Waals surface area contributed by atoms with E-state index >= 15 is 0 Å². The van der Waals surface area contributed by atoms with Crippen LogP contribution in [0.5, 0.6) is 0 Å². The minimum absolute atomic E-state index is 0.611. The fraction of sp³-hybridized carbons (Fsp3) is 0.353. The highest BCUT2D eigenvalue weighted by Crippen LogP contribution is 2.41. The first-order valence-electron chi connectivity index (χ1n) is 14.0. The van der Waals surface area contributed by atoms with Gasteiger partial charge in [-0.05, 0) is 61.1 Å². The molecule has 1 aliphatic carbocycles. The third-order valence-electron chi connectivity index (χ3n) is 8.88. The zero-order valence-corrected chi connectivity index (χ0v) is 24.5. The number of nitrogens with zero attached hydrogens (tertiary/aromatic N) is 2. The van der Waals surface area contributed by atoms with Crippen molar-refractivity contribution in [2.45, 2.75) is 65.6 Å². The van der Waals surface area contributed by atoms with Gasteiger partial charge in [0.1, 0.15) is 18.2 Å². The van der Waals surface area contributed by atoms with Gasteiger partial charge in [-0.1, -0.05) is 68.7 Å². The highest BCUT2D eigenvalue weighted by Gasteiger charge is 2.28. The molecule has 3 nitrogen and oxygen atoms in total. The molecule has 2 aromatic heterocycles. The summed E-state index contributed by atoms with van der Waals surface area (Å²) in [6.07, 6.45) is 6.54. The summed E-state index contributed by atoms with van der Waals surface area (Å²) in [5, 5.41) is 5.13. The molecule has 4 heteroatoms. The predicted molar refractivity (Wildman–Crippen MR) is 162 cm³/mol. The van der Waals surface area contributed by atoms with Crippen molar-refractivity contribution in [3.05, 3.63) is 76.6 Å². The molecular weight excluding hydrogens is 480 g/mol. The molecule has 6 rings (SSSR count). The maximum Gasteiger partial charge on any atom is 0.217 e. The Morgan fingerprint density at radius 3 is 2.42 bits per heavy atom. The van der Waals surface area contributed by atoms with Crippen molar-refractivity contribution < 1.29 is 8.98 Å². The number of pyridine rings is 1. The lowest BCUT2D eigenvalue weighted by atomic mass is 9.91. The van der Waals surface area contributed by atoms with Gasteiger partial charge in [0.05, 0.1) is 20.2 Å². The van der Waals surface area contributed by atoms with Crippen LogP contribution in [-0.4, -0.2) is 8.07 Å². The Morgan fingerprint density at radius 1 is 0.947 bits per heavy atom. The Labute approximate surface area is 226 Å². The molecule has 1 saturated carbocycles. The molecule has 192 valence electrons. The van der Waals surface area contributed by atoms with E-state index in [1.54, 1.807) is 0 Å². The summed E-state index contributed by atoms with van der Waals surface area (Å²) in [6.45, 7) is 19.2. The summed E-state index contributed by atoms with van der Waals surface area (Å²) in [5.41, 5.74) is 9.98. The van der Waals surface area contributed by atoms with Gasteiger partial charge in [0.15, 0.2) is 5.69 Å². The molecule has 1 aliphatic rings. The van der Waals surface area contributed by atoms with Gasteiger partial charge in [-0.3, -0.25) is 0 Å². The quantitative estimate of drug-likeness (QED) is 0.133. The Balaban J connectivity index is 1.67. The van der Waals surface area contributed by atoms with Crippen molar-refractivity contribution >= 4 is 51.8 Å². The average Bonchev–Trinajstić information content (AvgIpc) is 3.53. The zero-order chi connectivity index (χ0) is 26.8. The lowest BCUT2D eigenvalue weighted by molar-refractivity contribution is -0.633. The Hall–Kier alpha value is -3.42. The molecule has 0 spiro atoms. The van der Waals surface area contributed by atoms with Crippen molar-refractivity contribution in [1.82, 2.24) is 0 Å². The summed E-state index contributed by atoms with van der Waals surface area (Å²) >= 11 is 0. The molecular formula is C34H37N2OSi+. The van der Waals surface area contributed by atoms with E-state index in [4.69, 9.17) is 11.0 Å². The van der Waals surface area contributed by atoms with Gasteiger partial charge < -0.3 is 4.42 Å². The van der Waals surface area contributed by atoms with Crippen LogP contribution in [-0.2, 0) is 13.5 Å². The van der Waals surface area contributed by atoms with Crippen LogP contribution in [0.4, 0.5) is 5.69 Å². The third-order valence-corrected chi connectivity index (χ3v) is 10.9. The van der Waals surface area contributed by atoms with Gasteiger partial charge in [-0.15, -0.1) is 0 Å². The average molecular weight is 518 g/mol. The third kappa shape index (κ3) is 4.05. The second kappa shape index (κ2) is 9.10. The lowest BCUT2D eigenvalue weighted by Crippen LogP contribution is -2.39. The molecule has 0 atom stereocenters. The molecule has 38 heavy (non-hydrogen) atoms. The fourth-order valence-electron chi connectivity index (χ4n) is 6.46. The van der Waals surface area contributed by atoms with Gasteiger partial charge in [0.2, 0.25) is 11.2 Å². The van der Waals surface area contributed by atoms with E-state index in [-0.39, 0.29) is 0 Å². The maximum atomic E-state index is 7.45. The minimum atomic E-state index is -1.44. The van der Waals surface area contributed by atoms with E-state index in [0.29, 0.717) is 5.69 Å². The number of aromatic nitrogens is 1. The first-order chi connectivity index (χ1) is 18.2. The van der Waals surface area contributed by atoms with Crippen molar-refractivity contribution in [2.75, 3.05) is 0 Å². The van der Waals surface area contributed by atoms with E-state index in [9.17, 15) is 0 Å². The van der Waals surface area contributed by atoms with Crippen LogP contribution in [0, 0.1) is 26.3 Å². The number of hydrogen-bond acceptors (Lipinski definition) is 1. The van der Waals surface area contributed by atoms with Crippen LogP contribution in [0.2, 0.25) is 19.6 Å². The first-order valence-corrected chi connectivity index (χ1v) is 17.5. The van der Waals surface area contributed by atoms with Crippen LogP contribution < -0.4 is 9.75 Å². The van der Waals surface area contributed by atoms with E-state index in [2.05, 4.69) is 80.3 Å². The van der Waals surface area contributed by atoms with Crippen molar-refractivity contribution in [1.29, 1.82) is 0 Å². The van der Waals surface area contributed by atoms with E-state index in [1.165, 1.54) is 69.7 Å². The Bertz CT molecular complexity index is 1780. The van der Waals surface area contributed by atoms with Gasteiger partial charge in [-0.2, -0.15) is 4.57 Å². The predicted octanol–water partition coefficient (Wildman–Crippen LogP) is 8.68. The normalized spacial score (nSPS) is 14.7. The van der Waals surface area contributed by atoms with Crippen LogP contribution >= 0.6 is 0 Å². The number of benzene rings is 3. The van der Waals surface area contributed by atoms with Crippen LogP contribution in [0.3, 0.4) is 0 Å². The van der Waals surface area contributed by atoms with E-state index < -0.39 is 8.07 Å². The molecule has 0 radical (unpaired) electrons. The van der Waals surface area contributed by atoms with Gasteiger partial charge >= 0.3 is 0 Å². The van der Waals surface area contributed by atoms with Crippen molar-refractivity contribution in [3.8, 4) is 11.3 Å². The van der Waals surface area contributed by atoms with Crippen molar-refractivity contribution in [3.63, 3.8) is 0 Å². The molecule has 3 aromatic carbocycles. The first kappa shape index (κ1) is 24.9. The fourth-order valence-corrected chi connectivity index (χ4v) is 7.62. The zero-order valence-electron chi connectivity index (χ0n) is 23.5. The van der Waals surface area contributed by atoms with Crippen LogP contribution in [0.25, 0.3) is 48.9 Å². The summed E-state index contributed by atoms with van der Waals surface area (Å²) in [4.78, 5) is 3.63.